The number of nitrogens with zero attached hydrogens (tertiary/aromatic N) is 1. The first kappa shape index (κ1) is 13.2. The minimum atomic E-state index is -0.116. The summed E-state index contributed by atoms with van der Waals surface area (Å²) >= 11 is 1.38. The van der Waals surface area contributed by atoms with Gasteiger partial charge in [-0.05, 0) is 48.4 Å². The molecule has 104 valence electrons. The molecule has 1 saturated carbocycles. The number of phenolic OH excluding ortho intramolecular Hbond substituents is 1. The first-order valence-electron chi connectivity index (χ1n) is 6.78. The molecular weight excluding hydrogens is 272 g/mol. The SMILES string of the molecule is O=C1NC(=NC2CCCC2)S/C1=C/c1cccc(O)c1. The average Bonchev–Trinajstić information content (AvgIpc) is 3.01. The molecule has 4 nitrogen and oxygen atoms in total. The molecule has 2 N–H and O–H groups in total. The van der Waals surface area contributed by atoms with Gasteiger partial charge in [-0.3, -0.25) is 9.79 Å². The molecular formula is C15H16N2O2S. The Hall–Kier alpha value is -1.75. The second-order valence-electron chi connectivity index (χ2n) is 5.03. The van der Waals surface area contributed by atoms with Crippen LogP contribution in [0.5, 0.6) is 5.75 Å². The van der Waals surface area contributed by atoms with Gasteiger partial charge in [-0.2, -0.15) is 0 Å². The monoisotopic (exact) mass is 288 g/mol. The minimum Gasteiger partial charge on any atom is -0.508 e. The Balaban J connectivity index is 1.76. The van der Waals surface area contributed by atoms with Crippen LogP contribution in [0.15, 0.2) is 34.2 Å². The Kier molecular flexibility index (Phi) is 3.78. The van der Waals surface area contributed by atoms with Crippen molar-refractivity contribution >= 4 is 28.9 Å². The van der Waals surface area contributed by atoms with E-state index < -0.39 is 0 Å². The van der Waals surface area contributed by atoms with Crippen LogP contribution >= 0.6 is 11.8 Å². The maximum atomic E-state index is 11.9. The lowest BCUT2D eigenvalue weighted by Gasteiger charge is -2.02. The van der Waals surface area contributed by atoms with Crippen LogP contribution in [0, 0.1) is 0 Å². The van der Waals surface area contributed by atoms with E-state index in [1.54, 1.807) is 24.3 Å². The number of carbonyl (C=O) groups is 1. The molecule has 1 saturated heterocycles. The number of rotatable bonds is 2. The summed E-state index contributed by atoms with van der Waals surface area (Å²) in [5.74, 6) is 0.0812. The number of amides is 1. The van der Waals surface area contributed by atoms with Crippen molar-refractivity contribution < 1.29 is 9.90 Å². The maximum Gasteiger partial charge on any atom is 0.264 e. The Morgan fingerprint density at radius 2 is 2.15 bits per heavy atom. The van der Waals surface area contributed by atoms with Crippen LogP contribution in [-0.4, -0.2) is 22.2 Å². The zero-order valence-corrected chi connectivity index (χ0v) is 11.8. The van der Waals surface area contributed by atoms with E-state index in [1.807, 2.05) is 6.07 Å². The van der Waals surface area contributed by atoms with E-state index in [-0.39, 0.29) is 11.7 Å². The van der Waals surface area contributed by atoms with Crippen LogP contribution in [0.1, 0.15) is 31.2 Å². The largest absolute Gasteiger partial charge is 0.508 e. The number of phenols is 1. The highest BCUT2D eigenvalue weighted by molar-refractivity contribution is 8.18. The van der Waals surface area contributed by atoms with Gasteiger partial charge >= 0.3 is 0 Å². The molecule has 0 atom stereocenters. The first-order chi connectivity index (χ1) is 9.70. The fourth-order valence-electron chi connectivity index (χ4n) is 2.45. The van der Waals surface area contributed by atoms with Crippen LogP contribution in [0.3, 0.4) is 0 Å². The fraction of sp³-hybridized carbons (Fsp3) is 0.333. The van der Waals surface area contributed by atoms with Crippen molar-refractivity contribution in [3.63, 3.8) is 0 Å². The van der Waals surface area contributed by atoms with E-state index in [1.165, 1.54) is 24.6 Å². The molecule has 2 aliphatic rings. The maximum absolute atomic E-state index is 11.9. The molecule has 1 heterocycles. The van der Waals surface area contributed by atoms with Crippen molar-refractivity contribution in [2.45, 2.75) is 31.7 Å². The minimum absolute atomic E-state index is 0.116. The number of carbonyl (C=O) groups excluding carboxylic acids is 1. The van der Waals surface area contributed by atoms with Crippen LogP contribution in [0.25, 0.3) is 6.08 Å². The molecule has 0 radical (unpaired) electrons. The van der Waals surface area contributed by atoms with E-state index in [2.05, 4.69) is 10.3 Å². The predicted molar refractivity (Wildman–Crippen MR) is 81.5 cm³/mol. The lowest BCUT2D eigenvalue weighted by Crippen LogP contribution is -2.21. The number of aliphatic imine (C=N–C) groups is 1. The molecule has 1 aliphatic carbocycles. The number of hydrogen-bond acceptors (Lipinski definition) is 4. The van der Waals surface area contributed by atoms with E-state index in [0.29, 0.717) is 16.1 Å². The number of benzene rings is 1. The molecule has 20 heavy (non-hydrogen) atoms. The molecule has 2 fully saturated rings. The summed E-state index contributed by atoms with van der Waals surface area (Å²) in [6.45, 7) is 0. The second kappa shape index (κ2) is 5.71. The van der Waals surface area contributed by atoms with Crippen LogP contribution in [-0.2, 0) is 4.79 Å². The highest BCUT2D eigenvalue weighted by Crippen LogP contribution is 2.29. The van der Waals surface area contributed by atoms with Crippen molar-refractivity contribution in [2.75, 3.05) is 0 Å². The molecule has 0 unspecified atom stereocenters. The van der Waals surface area contributed by atoms with E-state index >= 15 is 0 Å². The Morgan fingerprint density at radius 1 is 1.35 bits per heavy atom. The quantitative estimate of drug-likeness (QED) is 0.823. The summed E-state index contributed by atoms with van der Waals surface area (Å²) in [6, 6.07) is 7.21. The Labute approximate surface area is 122 Å². The third-order valence-corrected chi connectivity index (χ3v) is 4.37. The first-order valence-corrected chi connectivity index (χ1v) is 7.60. The summed E-state index contributed by atoms with van der Waals surface area (Å²) in [6.07, 6.45) is 6.46. The fourth-order valence-corrected chi connectivity index (χ4v) is 3.35. The van der Waals surface area contributed by atoms with Gasteiger partial charge in [0.2, 0.25) is 0 Å². The average molecular weight is 288 g/mol. The summed E-state index contributed by atoms with van der Waals surface area (Å²) in [5.41, 5.74) is 0.810. The van der Waals surface area contributed by atoms with Crippen LogP contribution < -0.4 is 5.32 Å². The number of nitrogens with one attached hydrogen (secondary N) is 1. The smallest absolute Gasteiger partial charge is 0.264 e. The van der Waals surface area contributed by atoms with E-state index in [0.717, 1.165) is 18.4 Å². The van der Waals surface area contributed by atoms with Crippen molar-refractivity contribution in [3.05, 3.63) is 34.7 Å². The molecule has 1 aromatic rings. The summed E-state index contributed by atoms with van der Waals surface area (Å²) < 4.78 is 0. The molecule has 1 amide bonds. The highest BCUT2D eigenvalue weighted by atomic mass is 32.2. The molecule has 1 aromatic carbocycles. The van der Waals surface area contributed by atoms with Crippen LogP contribution in [0.2, 0.25) is 0 Å². The third-order valence-electron chi connectivity index (χ3n) is 3.44. The highest BCUT2D eigenvalue weighted by Gasteiger charge is 2.25. The lowest BCUT2D eigenvalue weighted by molar-refractivity contribution is -0.115. The van der Waals surface area contributed by atoms with Gasteiger partial charge in [-0.15, -0.1) is 0 Å². The van der Waals surface area contributed by atoms with Crippen molar-refractivity contribution in [1.29, 1.82) is 0 Å². The number of amidine groups is 1. The van der Waals surface area contributed by atoms with Gasteiger partial charge in [0.1, 0.15) is 5.75 Å². The van der Waals surface area contributed by atoms with Gasteiger partial charge in [0.15, 0.2) is 5.17 Å². The number of thioether (sulfide) groups is 1. The van der Waals surface area contributed by atoms with Gasteiger partial charge in [-0.1, -0.05) is 25.0 Å². The van der Waals surface area contributed by atoms with E-state index in [4.69, 9.17) is 0 Å². The summed E-state index contributed by atoms with van der Waals surface area (Å²) in [4.78, 5) is 17.1. The standard InChI is InChI=1S/C15H16N2O2S/c18-12-7-3-4-10(8-12)9-13-14(19)17-15(20-13)16-11-5-1-2-6-11/h3-4,7-9,11,18H,1-2,5-6H2,(H,16,17,19)/b13-9+. The number of aromatic hydroxyl groups is 1. The molecule has 3 rings (SSSR count). The summed E-state index contributed by atoms with van der Waals surface area (Å²) in [7, 11) is 0. The Morgan fingerprint density at radius 3 is 2.90 bits per heavy atom. The van der Waals surface area contributed by atoms with Gasteiger partial charge in [-0.25, -0.2) is 0 Å². The van der Waals surface area contributed by atoms with Gasteiger partial charge in [0, 0.05) is 0 Å². The van der Waals surface area contributed by atoms with Gasteiger partial charge in [0.25, 0.3) is 5.91 Å². The normalized spacial score (nSPS) is 23.7. The molecule has 0 spiro atoms. The second-order valence-corrected chi connectivity index (χ2v) is 6.06. The zero-order chi connectivity index (χ0) is 13.9. The molecule has 0 bridgehead atoms. The van der Waals surface area contributed by atoms with E-state index in [9.17, 15) is 9.90 Å². The topological polar surface area (TPSA) is 61.7 Å². The molecule has 5 heteroatoms. The number of hydrogen-bond donors (Lipinski definition) is 2. The van der Waals surface area contributed by atoms with Gasteiger partial charge in [0.05, 0.1) is 10.9 Å². The Bertz CT molecular complexity index is 589. The van der Waals surface area contributed by atoms with Crippen molar-refractivity contribution in [1.82, 2.24) is 5.32 Å². The third kappa shape index (κ3) is 3.04. The summed E-state index contributed by atoms with van der Waals surface area (Å²) in [5, 5.41) is 12.9. The zero-order valence-electron chi connectivity index (χ0n) is 11.0. The lowest BCUT2D eigenvalue weighted by atomic mass is 10.2. The van der Waals surface area contributed by atoms with Crippen molar-refractivity contribution in [3.8, 4) is 5.75 Å². The predicted octanol–water partition coefficient (Wildman–Crippen LogP) is 2.89. The molecule has 1 aliphatic heterocycles. The molecule has 0 aromatic heterocycles. The van der Waals surface area contributed by atoms with Crippen LogP contribution in [0.4, 0.5) is 0 Å². The van der Waals surface area contributed by atoms with Gasteiger partial charge < -0.3 is 10.4 Å². The van der Waals surface area contributed by atoms with Crippen molar-refractivity contribution in [2.24, 2.45) is 4.99 Å².